The minimum absolute atomic E-state index is 0.444. The minimum Gasteiger partial charge on any atom is -0.330 e. The van der Waals surface area contributed by atoms with Crippen molar-refractivity contribution in [1.82, 2.24) is 19.3 Å². The fraction of sp³-hybridized carbons (Fsp3) is 0.455. The van der Waals surface area contributed by atoms with E-state index in [2.05, 4.69) is 28.5 Å². The molecule has 4 heteroatoms. The van der Waals surface area contributed by atoms with Gasteiger partial charge in [0, 0.05) is 12.2 Å². The van der Waals surface area contributed by atoms with Crippen molar-refractivity contribution in [2.24, 2.45) is 0 Å². The largest absolute Gasteiger partial charge is 0.330 e. The van der Waals surface area contributed by atoms with Crippen molar-refractivity contribution < 1.29 is 0 Å². The quantitative estimate of drug-likeness (QED) is 0.766. The van der Waals surface area contributed by atoms with E-state index in [1.165, 1.54) is 5.69 Å². The van der Waals surface area contributed by atoms with Gasteiger partial charge in [0.1, 0.15) is 0 Å². The molecule has 15 heavy (non-hydrogen) atoms. The van der Waals surface area contributed by atoms with Gasteiger partial charge in [-0.05, 0) is 26.8 Å². The third-order valence-electron chi connectivity index (χ3n) is 2.40. The molecule has 2 aromatic heterocycles. The highest BCUT2D eigenvalue weighted by Crippen LogP contribution is 2.10. The second kappa shape index (κ2) is 3.88. The molecule has 0 bridgehead atoms. The average molecular weight is 204 g/mol. The van der Waals surface area contributed by atoms with E-state index in [4.69, 9.17) is 0 Å². The van der Waals surface area contributed by atoms with Crippen LogP contribution < -0.4 is 0 Å². The van der Waals surface area contributed by atoms with Crippen LogP contribution in [0.2, 0.25) is 0 Å². The average Bonchev–Trinajstić information content (AvgIpc) is 2.75. The Labute approximate surface area is 89.6 Å². The van der Waals surface area contributed by atoms with Gasteiger partial charge in [-0.1, -0.05) is 0 Å². The maximum atomic E-state index is 4.36. The molecule has 0 N–H and O–H groups in total. The smallest absolute Gasteiger partial charge is 0.0951 e. The van der Waals surface area contributed by atoms with Crippen LogP contribution in [0.5, 0.6) is 0 Å². The Morgan fingerprint density at radius 3 is 2.80 bits per heavy atom. The summed E-state index contributed by atoms with van der Waals surface area (Å²) in [6.45, 7) is 7.08. The lowest BCUT2D eigenvalue weighted by Gasteiger charge is -2.11. The van der Waals surface area contributed by atoms with Crippen molar-refractivity contribution >= 4 is 0 Å². The van der Waals surface area contributed by atoms with Gasteiger partial charge < -0.3 is 4.57 Å². The Morgan fingerprint density at radius 1 is 1.40 bits per heavy atom. The van der Waals surface area contributed by atoms with Crippen molar-refractivity contribution in [2.45, 2.75) is 33.4 Å². The molecule has 80 valence electrons. The van der Waals surface area contributed by atoms with Crippen molar-refractivity contribution in [3.8, 4) is 0 Å². The van der Waals surface area contributed by atoms with Gasteiger partial charge in [-0.2, -0.15) is 5.10 Å². The second-order valence-electron chi connectivity index (χ2n) is 4.04. The molecule has 0 aromatic carbocycles. The highest BCUT2D eigenvalue weighted by atomic mass is 15.3. The summed E-state index contributed by atoms with van der Waals surface area (Å²) < 4.78 is 4.10. The van der Waals surface area contributed by atoms with Gasteiger partial charge in [0.05, 0.1) is 30.5 Å². The van der Waals surface area contributed by atoms with E-state index in [1.54, 1.807) is 0 Å². The molecule has 0 amide bonds. The Morgan fingerprint density at radius 2 is 2.20 bits per heavy atom. The first-order chi connectivity index (χ1) is 7.16. The molecule has 0 spiro atoms. The van der Waals surface area contributed by atoms with Crippen molar-refractivity contribution in [3.05, 3.63) is 36.2 Å². The van der Waals surface area contributed by atoms with E-state index in [0.29, 0.717) is 6.04 Å². The van der Waals surface area contributed by atoms with Crippen LogP contribution in [-0.4, -0.2) is 19.3 Å². The Bertz CT molecular complexity index is 439. The Kier molecular flexibility index (Phi) is 2.58. The standard InChI is InChI=1S/C11H16N4/c1-9(2)15-8-12-6-11(15)7-14-5-4-10(3)13-14/h4-6,8-9H,7H2,1-3H3. The minimum atomic E-state index is 0.444. The van der Waals surface area contributed by atoms with E-state index in [-0.39, 0.29) is 0 Å². The van der Waals surface area contributed by atoms with E-state index in [0.717, 1.165) is 12.2 Å². The first-order valence-corrected chi connectivity index (χ1v) is 5.17. The number of hydrogen-bond donors (Lipinski definition) is 0. The zero-order valence-corrected chi connectivity index (χ0v) is 9.38. The van der Waals surface area contributed by atoms with Gasteiger partial charge >= 0.3 is 0 Å². The molecule has 2 heterocycles. The number of imidazole rings is 1. The van der Waals surface area contributed by atoms with Gasteiger partial charge in [0.2, 0.25) is 0 Å². The number of aromatic nitrogens is 4. The van der Waals surface area contributed by atoms with Crippen LogP contribution in [0.4, 0.5) is 0 Å². The summed E-state index contributed by atoms with van der Waals surface area (Å²) in [5, 5.41) is 4.36. The van der Waals surface area contributed by atoms with Crippen LogP contribution in [-0.2, 0) is 6.54 Å². The highest BCUT2D eigenvalue weighted by Gasteiger charge is 2.06. The van der Waals surface area contributed by atoms with Crippen LogP contribution in [0.15, 0.2) is 24.8 Å². The van der Waals surface area contributed by atoms with Gasteiger partial charge in [0.15, 0.2) is 0 Å². The molecule has 0 radical (unpaired) electrons. The number of hydrogen-bond acceptors (Lipinski definition) is 2. The zero-order valence-electron chi connectivity index (χ0n) is 9.38. The Hall–Kier alpha value is -1.58. The SMILES string of the molecule is Cc1ccn(Cc2cncn2C(C)C)n1. The second-order valence-corrected chi connectivity index (χ2v) is 4.04. The summed E-state index contributed by atoms with van der Waals surface area (Å²) in [5.41, 5.74) is 2.23. The van der Waals surface area contributed by atoms with Crippen LogP contribution in [0, 0.1) is 6.92 Å². The molecular weight excluding hydrogens is 188 g/mol. The molecule has 0 fully saturated rings. The van der Waals surface area contributed by atoms with Crippen molar-refractivity contribution in [1.29, 1.82) is 0 Å². The molecule has 0 saturated heterocycles. The highest BCUT2D eigenvalue weighted by molar-refractivity contribution is 5.02. The van der Waals surface area contributed by atoms with Gasteiger partial charge in [-0.25, -0.2) is 4.98 Å². The summed E-state index contributed by atoms with van der Waals surface area (Å²) in [4.78, 5) is 4.17. The monoisotopic (exact) mass is 204 g/mol. The topological polar surface area (TPSA) is 35.6 Å². The third-order valence-corrected chi connectivity index (χ3v) is 2.40. The van der Waals surface area contributed by atoms with E-state index in [9.17, 15) is 0 Å². The predicted molar refractivity (Wildman–Crippen MR) is 58.7 cm³/mol. The van der Waals surface area contributed by atoms with E-state index >= 15 is 0 Å². The lowest BCUT2D eigenvalue weighted by molar-refractivity contribution is 0.547. The van der Waals surface area contributed by atoms with Crippen LogP contribution in [0.3, 0.4) is 0 Å². The summed E-state index contributed by atoms with van der Waals surface area (Å²) >= 11 is 0. The predicted octanol–water partition coefficient (Wildman–Crippen LogP) is 2.02. The first kappa shape index (κ1) is 9.96. The van der Waals surface area contributed by atoms with Crippen molar-refractivity contribution in [3.63, 3.8) is 0 Å². The molecule has 0 aliphatic heterocycles. The number of rotatable bonds is 3. The van der Waals surface area contributed by atoms with Crippen LogP contribution >= 0.6 is 0 Å². The molecule has 0 saturated carbocycles. The molecule has 0 aliphatic rings. The van der Waals surface area contributed by atoms with Gasteiger partial charge in [0.25, 0.3) is 0 Å². The summed E-state index contributed by atoms with van der Waals surface area (Å²) in [6.07, 6.45) is 5.76. The molecule has 2 rings (SSSR count). The molecule has 0 aliphatic carbocycles. The zero-order chi connectivity index (χ0) is 10.8. The molecular formula is C11H16N4. The maximum absolute atomic E-state index is 4.36. The normalized spacial score (nSPS) is 11.2. The molecule has 2 aromatic rings. The van der Waals surface area contributed by atoms with Crippen LogP contribution in [0.1, 0.15) is 31.3 Å². The fourth-order valence-corrected chi connectivity index (χ4v) is 1.64. The van der Waals surface area contributed by atoms with Gasteiger partial charge in [-0.3, -0.25) is 4.68 Å². The molecule has 0 atom stereocenters. The lowest BCUT2D eigenvalue weighted by atomic mass is 10.3. The van der Waals surface area contributed by atoms with Gasteiger partial charge in [-0.15, -0.1) is 0 Å². The third kappa shape index (κ3) is 2.09. The van der Waals surface area contributed by atoms with Crippen molar-refractivity contribution in [2.75, 3.05) is 0 Å². The fourth-order valence-electron chi connectivity index (χ4n) is 1.64. The van der Waals surface area contributed by atoms with Crippen LogP contribution in [0.25, 0.3) is 0 Å². The van der Waals surface area contributed by atoms with E-state index in [1.807, 2.05) is 36.4 Å². The summed E-state index contributed by atoms with van der Waals surface area (Å²) in [5.74, 6) is 0. The molecule has 4 nitrogen and oxygen atoms in total. The lowest BCUT2D eigenvalue weighted by Crippen LogP contribution is -2.09. The first-order valence-electron chi connectivity index (χ1n) is 5.17. The maximum Gasteiger partial charge on any atom is 0.0951 e. The summed E-state index contributed by atoms with van der Waals surface area (Å²) in [7, 11) is 0. The molecule has 0 unspecified atom stereocenters. The number of aryl methyl sites for hydroxylation is 1. The summed E-state index contributed by atoms with van der Waals surface area (Å²) in [6, 6.07) is 2.45. The van der Waals surface area contributed by atoms with E-state index < -0.39 is 0 Å². The Balaban J connectivity index is 2.20. The number of nitrogens with zero attached hydrogens (tertiary/aromatic N) is 4.